The SMILES string of the molecule is COc1cc(C)ccc1C1CN(C(=O)OC(C)(C)C)CCN1. The Bertz CT molecular complexity index is 537. The third-order valence-electron chi connectivity index (χ3n) is 3.59. The van der Waals surface area contributed by atoms with Crippen molar-refractivity contribution in [1.29, 1.82) is 0 Å². The standard InChI is InChI=1S/C17H26N2O3/c1-12-6-7-13(15(10-12)21-5)14-11-19(9-8-18-14)16(20)22-17(2,3)4/h6-7,10,14,18H,8-9,11H2,1-5H3. The molecule has 1 aliphatic rings. The van der Waals surface area contributed by atoms with Gasteiger partial charge in [0.2, 0.25) is 0 Å². The van der Waals surface area contributed by atoms with Crippen LogP contribution in [0.1, 0.15) is 37.9 Å². The lowest BCUT2D eigenvalue weighted by Gasteiger charge is -2.35. The van der Waals surface area contributed by atoms with Crippen LogP contribution < -0.4 is 10.1 Å². The fourth-order valence-corrected chi connectivity index (χ4v) is 2.56. The normalized spacial score (nSPS) is 19.0. The topological polar surface area (TPSA) is 50.8 Å². The number of nitrogens with zero attached hydrogens (tertiary/aromatic N) is 1. The van der Waals surface area contributed by atoms with Crippen LogP contribution in [0.5, 0.6) is 5.75 Å². The molecule has 0 aromatic heterocycles. The lowest BCUT2D eigenvalue weighted by molar-refractivity contribution is 0.0194. The number of carbonyl (C=O) groups is 1. The molecule has 0 spiro atoms. The Morgan fingerprint density at radius 2 is 2.09 bits per heavy atom. The molecule has 1 aromatic carbocycles. The van der Waals surface area contributed by atoms with Gasteiger partial charge in [-0.25, -0.2) is 4.79 Å². The van der Waals surface area contributed by atoms with Gasteiger partial charge in [0.25, 0.3) is 0 Å². The molecule has 1 heterocycles. The third-order valence-corrected chi connectivity index (χ3v) is 3.59. The second-order valence-electron chi connectivity index (χ2n) is 6.68. The molecule has 0 saturated carbocycles. The fourth-order valence-electron chi connectivity index (χ4n) is 2.56. The van der Waals surface area contributed by atoms with Gasteiger partial charge in [-0.1, -0.05) is 12.1 Å². The third kappa shape index (κ3) is 4.13. The van der Waals surface area contributed by atoms with Gasteiger partial charge in [0.15, 0.2) is 0 Å². The maximum absolute atomic E-state index is 12.2. The van der Waals surface area contributed by atoms with Crippen LogP contribution in [-0.4, -0.2) is 43.3 Å². The van der Waals surface area contributed by atoms with Gasteiger partial charge in [-0.05, 0) is 39.3 Å². The first-order valence-corrected chi connectivity index (χ1v) is 7.66. The van der Waals surface area contributed by atoms with Crippen LogP contribution in [0.2, 0.25) is 0 Å². The number of aryl methyl sites for hydroxylation is 1. The van der Waals surface area contributed by atoms with E-state index in [1.54, 1.807) is 12.0 Å². The number of benzene rings is 1. The molecule has 5 heteroatoms. The molecular formula is C17H26N2O3. The molecular weight excluding hydrogens is 280 g/mol. The van der Waals surface area contributed by atoms with Crippen LogP contribution in [-0.2, 0) is 4.74 Å². The second kappa shape index (κ2) is 6.57. The molecule has 2 rings (SSSR count). The van der Waals surface area contributed by atoms with E-state index in [-0.39, 0.29) is 12.1 Å². The van der Waals surface area contributed by atoms with E-state index >= 15 is 0 Å². The van der Waals surface area contributed by atoms with Crippen molar-refractivity contribution in [3.63, 3.8) is 0 Å². The number of carbonyl (C=O) groups excluding carboxylic acids is 1. The minimum atomic E-state index is -0.473. The number of hydrogen-bond donors (Lipinski definition) is 1. The number of rotatable bonds is 2. The van der Waals surface area contributed by atoms with Gasteiger partial charge in [0, 0.05) is 25.2 Å². The first-order valence-electron chi connectivity index (χ1n) is 7.66. The van der Waals surface area contributed by atoms with Crippen molar-refractivity contribution in [2.24, 2.45) is 0 Å². The van der Waals surface area contributed by atoms with Crippen molar-refractivity contribution in [1.82, 2.24) is 10.2 Å². The summed E-state index contributed by atoms with van der Waals surface area (Å²) in [6.07, 6.45) is -0.259. The van der Waals surface area contributed by atoms with Crippen LogP contribution >= 0.6 is 0 Å². The zero-order valence-corrected chi connectivity index (χ0v) is 14.1. The van der Waals surface area contributed by atoms with Crippen LogP contribution in [0, 0.1) is 6.92 Å². The first-order chi connectivity index (χ1) is 10.3. The van der Waals surface area contributed by atoms with E-state index in [0.29, 0.717) is 13.1 Å². The summed E-state index contributed by atoms with van der Waals surface area (Å²) in [7, 11) is 1.67. The quantitative estimate of drug-likeness (QED) is 0.913. The lowest BCUT2D eigenvalue weighted by Crippen LogP contribution is -2.49. The van der Waals surface area contributed by atoms with Crippen molar-refractivity contribution in [2.45, 2.75) is 39.3 Å². The van der Waals surface area contributed by atoms with Gasteiger partial charge in [-0.15, -0.1) is 0 Å². The highest BCUT2D eigenvalue weighted by atomic mass is 16.6. The molecule has 1 aliphatic heterocycles. The van der Waals surface area contributed by atoms with Crippen molar-refractivity contribution >= 4 is 6.09 Å². The highest BCUT2D eigenvalue weighted by molar-refractivity contribution is 5.68. The van der Waals surface area contributed by atoms with Crippen LogP contribution in [0.3, 0.4) is 0 Å². The van der Waals surface area contributed by atoms with Gasteiger partial charge < -0.3 is 19.7 Å². The van der Waals surface area contributed by atoms with Crippen molar-refractivity contribution in [2.75, 3.05) is 26.7 Å². The summed E-state index contributed by atoms with van der Waals surface area (Å²) >= 11 is 0. The molecule has 1 saturated heterocycles. The van der Waals surface area contributed by atoms with Crippen LogP contribution in [0.15, 0.2) is 18.2 Å². The minimum absolute atomic E-state index is 0.0526. The lowest BCUT2D eigenvalue weighted by atomic mass is 10.0. The molecule has 122 valence electrons. The highest BCUT2D eigenvalue weighted by Gasteiger charge is 2.29. The predicted octanol–water partition coefficient (Wildman–Crippen LogP) is 2.89. The van der Waals surface area contributed by atoms with Gasteiger partial charge in [0.1, 0.15) is 11.4 Å². The summed E-state index contributed by atoms with van der Waals surface area (Å²) in [5.74, 6) is 0.850. The molecule has 5 nitrogen and oxygen atoms in total. The minimum Gasteiger partial charge on any atom is -0.496 e. The Kier molecular flexibility index (Phi) is 4.96. The molecule has 0 aliphatic carbocycles. The number of ether oxygens (including phenoxy) is 2. The van der Waals surface area contributed by atoms with E-state index < -0.39 is 5.60 Å². The molecule has 1 N–H and O–H groups in total. The van der Waals surface area contributed by atoms with Gasteiger partial charge in [0.05, 0.1) is 13.2 Å². The summed E-state index contributed by atoms with van der Waals surface area (Å²) in [4.78, 5) is 14.0. The van der Waals surface area contributed by atoms with Crippen molar-refractivity contribution < 1.29 is 14.3 Å². The number of methoxy groups -OCH3 is 1. The highest BCUT2D eigenvalue weighted by Crippen LogP contribution is 2.28. The largest absolute Gasteiger partial charge is 0.496 e. The Balaban J connectivity index is 2.12. The molecule has 0 radical (unpaired) electrons. The maximum Gasteiger partial charge on any atom is 0.410 e. The van der Waals surface area contributed by atoms with Crippen molar-refractivity contribution in [3.05, 3.63) is 29.3 Å². The summed E-state index contributed by atoms with van der Waals surface area (Å²) in [5, 5.41) is 3.45. The average Bonchev–Trinajstić information content (AvgIpc) is 2.45. The van der Waals surface area contributed by atoms with Gasteiger partial charge in [-0.2, -0.15) is 0 Å². The van der Waals surface area contributed by atoms with E-state index in [1.165, 1.54) is 0 Å². The molecule has 1 amide bonds. The summed E-state index contributed by atoms with van der Waals surface area (Å²) in [6, 6.07) is 6.19. The van der Waals surface area contributed by atoms with Gasteiger partial charge >= 0.3 is 6.09 Å². The Hall–Kier alpha value is -1.75. The van der Waals surface area contributed by atoms with E-state index in [2.05, 4.69) is 17.4 Å². The molecule has 1 fully saturated rings. The molecule has 0 bridgehead atoms. The van der Waals surface area contributed by atoms with Crippen molar-refractivity contribution in [3.8, 4) is 5.75 Å². The molecule has 1 unspecified atom stereocenters. The zero-order valence-electron chi connectivity index (χ0n) is 14.1. The van der Waals surface area contributed by atoms with E-state index in [0.717, 1.165) is 23.4 Å². The number of nitrogens with one attached hydrogen (secondary N) is 1. The maximum atomic E-state index is 12.2. The second-order valence-corrected chi connectivity index (χ2v) is 6.68. The van der Waals surface area contributed by atoms with Crippen LogP contribution in [0.25, 0.3) is 0 Å². The zero-order chi connectivity index (χ0) is 16.3. The van der Waals surface area contributed by atoms with E-state index in [4.69, 9.17) is 9.47 Å². The Morgan fingerprint density at radius 3 is 2.73 bits per heavy atom. The number of piperazine rings is 1. The summed E-state index contributed by atoms with van der Waals surface area (Å²) < 4.78 is 10.9. The number of amides is 1. The van der Waals surface area contributed by atoms with E-state index in [9.17, 15) is 4.79 Å². The smallest absolute Gasteiger partial charge is 0.410 e. The van der Waals surface area contributed by atoms with Crippen LogP contribution in [0.4, 0.5) is 4.79 Å². The first kappa shape index (κ1) is 16.6. The monoisotopic (exact) mass is 306 g/mol. The Morgan fingerprint density at radius 1 is 1.36 bits per heavy atom. The summed E-state index contributed by atoms with van der Waals surface area (Å²) in [6.45, 7) is 9.65. The predicted molar refractivity (Wildman–Crippen MR) is 86.3 cm³/mol. The Labute approximate surface area is 132 Å². The van der Waals surface area contributed by atoms with Gasteiger partial charge in [-0.3, -0.25) is 0 Å². The number of hydrogen-bond acceptors (Lipinski definition) is 4. The molecule has 22 heavy (non-hydrogen) atoms. The molecule has 1 atom stereocenters. The average molecular weight is 306 g/mol. The molecule has 1 aromatic rings. The fraction of sp³-hybridized carbons (Fsp3) is 0.588. The summed E-state index contributed by atoms with van der Waals surface area (Å²) in [5.41, 5.74) is 1.75. The van der Waals surface area contributed by atoms with E-state index in [1.807, 2.05) is 33.8 Å².